The molecule has 0 unspecified atom stereocenters. The fourth-order valence-corrected chi connectivity index (χ4v) is 7.88. The van der Waals surface area contributed by atoms with Gasteiger partial charge in [-0.2, -0.15) is 26.3 Å². The normalized spacial score (nSPS) is 19.9. The van der Waals surface area contributed by atoms with Crippen LogP contribution in [-0.2, 0) is 28.4 Å². The van der Waals surface area contributed by atoms with Gasteiger partial charge in [0.05, 0.1) is 33.8 Å². The second kappa shape index (κ2) is 14.5. The van der Waals surface area contributed by atoms with Crippen LogP contribution in [0, 0.1) is 5.92 Å². The summed E-state index contributed by atoms with van der Waals surface area (Å²) in [6.07, 6.45) is -8.97. The monoisotopic (exact) mass is 723 g/mol. The van der Waals surface area contributed by atoms with Gasteiger partial charge in [0.2, 0.25) is 11.8 Å². The predicted octanol–water partition coefficient (Wildman–Crippen LogP) is 4.60. The number of piperidine rings is 2. The maximum absolute atomic E-state index is 14.1. The number of fused-ring (bicyclic) bond motifs is 1. The minimum atomic E-state index is -5.17. The molecule has 4 heterocycles. The van der Waals surface area contributed by atoms with Gasteiger partial charge in [-0.25, -0.2) is 4.79 Å². The van der Waals surface area contributed by atoms with Crippen LogP contribution < -0.4 is 11.4 Å². The summed E-state index contributed by atoms with van der Waals surface area (Å²) in [5, 5.41) is 0. The van der Waals surface area contributed by atoms with Crippen LogP contribution in [0.15, 0.2) is 41.2 Å². The number of piperazine rings is 1. The Morgan fingerprint density at radius 2 is 1.37 bits per heavy atom. The average Bonchev–Trinajstić information content (AvgIpc) is 3.43. The van der Waals surface area contributed by atoms with Crippen molar-refractivity contribution in [2.75, 3.05) is 65.1 Å². The van der Waals surface area contributed by atoms with Gasteiger partial charge < -0.3 is 25.4 Å². The third-order valence-electron chi connectivity index (χ3n) is 10.7. The van der Waals surface area contributed by atoms with E-state index in [9.17, 15) is 40.7 Å². The van der Waals surface area contributed by atoms with E-state index in [2.05, 4.69) is 21.8 Å². The zero-order valence-electron chi connectivity index (χ0n) is 28.4. The van der Waals surface area contributed by atoms with Gasteiger partial charge in [0.1, 0.15) is 0 Å². The van der Waals surface area contributed by atoms with Gasteiger partial charge in [-0.05, 0) is 69.0 Å². The summed E-state index contributed by atoms with van der Waals surface area (Å²) in [5.74, 6) is -2.09. The third kappa shape index (κ3) is 8.06. The highest BCUT2D eigenvalue weighted by molar-refractivity contribution is 5.86. The molecule has 0 radical (unpaired) electrons. The number of nitrogen functional groups attached to an aromatic ring is 1. The first kappa shape index (κ1) is 36.7. The Morgan fingerprint density at radius 3 is 1.96 bits per heavy atom. The third-order valence-corrected chi connectivity index (χ3v) is 10.7. The van der Waals surface area contributed by atoms with Gasteiger partial charge in [0.15, 0.2) is 0 Å². The number of nitrogens with zero attached hydrogens (tertiary/aromatic N) is 5. The number of amides is 2. The molecular formula is C35H43F6N7O3. The quantitative estimate of drug-likeness (QED) is 0.273. The Morgan fingerprint density at radius 1 is 0.824 bits per heavy atom. The lowest BCUT2D eigenvalue weighted by atomic mass is 9.90. The number of imidazole rings is 1. The lowest BCUT2D eigenvalue weighted by molar-refractivity contribution is -0.143. The number of carbonyl (C=O) groups excluding carboxylic acids is 2. The van der Waals surface area contributed by atoms with Crippen LogP contribution in [0.4, 0.5) is 32.0 Å². The number of carbonyl (C=O) groups is 2. The van der Waals surface area contributed by atoms with Crippen LogP contribution in [0.2, 0.25) is 0 Å². The van der Waals surface area contributed by atoms with Crippen molar-refractivity contribution >= 4 is 28.5 Å². The number of likely N-dealkylation sites (N-methyl/N-ethyl adjacent to an activating group) is 1. The summed E-state index contributed by atoms with van der Waals surface area (Å²) in [5.41, 5.74) is 1.48. The SMILES string of the molecule is CN1CCN(C2CCN(C(=O)[C@H](CC(=O)N3CCC(n4c(=O)[nH]c5ccccc54)CC3)Cc3cc(C(F)(F)F)c(N)c(C(F)(F)F)c3)CC2)CC1. The highest BCUT2D eigenvalue weighted by atomic mass is 19.4. The van der Waals surface area contributed by atoms with Gasteiger partial charge in [-0.1, -0.05) is 12.1 Å². The number of para-hydroxylation sites is 2. The lowest BCUT2D eigenvalue weighted by Crippen LogP contribution is -2.53. The van der Waals surface area contributed by atoms with E-state index in [-0.39, 0.29) is 42.8 Å². The topological polar surface area (TPSA) is 111 Å². The maximum Gasteiger partial charge on any atom is 0.418 e. The summed E-state index contributed by atoms with van der Waals surface area (Å²) in [7, 11) is 2.06. The summed E-state index contributed by atoms with van der Waals surface area (Å²) in [4.78, 5) is 51.2. The van der Waals surface area contributed by atoms with E-state index in [1.54, 1.807) is 20.4 Å². The molecule has 1 atom stereocenters. The van der Waals surface area contributed by atoms with Crippen molar-refractivity contribution in [1.82, 2.24) is 29.2 Å². The molecule has 278 valence electrons. The van der Waals surface area contributed by atoms with Crippen molar-refractivity contribution in [2.24, 2.45) is 5.92 Å². The molecule has 3 aliphatic rings. The minimum absolute atomic E-state index is 0.187. The second-order valence-corrected chi connectivity index (χ2v) is 14.0. The number of halogens is 6. The highest BCUT2D eigenvalue weighted by Crippen LogP contribution is 2.42. The summed E-state index contributed by atoms with van der Waals surface area (Å²) in [6, 6.07) is 8.46. The van der Waals surface area contributed by atoms with Gasteiger partial charge in [0.25, 0.3) is 0 Å². The molecular weight excluding hydrogens is 680 g/mol. The number of nitrogens with one attached hydrogen (secondary N) is 1. The zero-order valence-corrected chi connectivity index (χ0v) is 28.4. The van der Waals surface area contributed by atoms with Crippen LogP contribution in [0.25, 0.3) is 11.0 Å². The average molecular weight is 724 g/mol. The number of likely N-dealkylation sites (tertiary alicyclic amines) is 2. The molecule has 1 aromatic heterocycles. The van der Waals surface area contributed by atoms with Crippen molar-refractivity contribution in [3.63, 3.8) is 0 Å². The minimum Gasteiger partial charge on any atom is -0.398 e. The molecule has 0 aliphatic carbocycles. The molecule has 0 spiro atoms. The fourth-order valence-electron chi connectivity index (χ4n) is 7.88. The Balaban J connectivity index is 1.20. The molecule has 3 fully saturated rings. The summed E-state index contributed by atoms with van der Waals surface area (Å²) >= 11 is 0. The van der Waals surface area contributed by atoms with Gasteiger partial charge in [-0.15, -0.1) is 0 Å². The van der Waals surface area contributed by atoms with Crippen molar-refractivity contribution in [3.05, 3.63) is 63.6 Å². The van der Waals surface area contributed by atoms with Gasteiger partial charge in [0, 0.05) is 70.9 Å². The zero-order chi connectivity index (χ0) is 36.7. The van der Waals surface area contributed by atoms with Crippen LogP contribution in [-0.4, -0.2) is 106 Å². The molecule has 0 bridgehead atoms. The van der Waals surface area contributed by atoms with Crippen molar-refractivity contribution < 1.29 is 35.9 Å². The Bertz CT molecular complexity index is 1750. The van der Waals surface area contributed by atoms with Crippen LogP contribution >= 0.6 is 0 Å². The number of H-pyrrole nitrogens is 1. The van der Waals surface area contributed by atoms with Crippen LogP contribution in [0.1, 0.15) is 54.8 Å². The first-order chi connectivity index (χ1) is 24.1. The van der Waals surface area contributed by atoms with E-state index in [4.69, 9.17) is 5.73 Å². The van der Waals surface area contributed by atoms with Crippen LogP contribution in [0.5, 0.6) is 0 Å². The molecule has 0 saturated carbocycles. The number of aromatic amines is 1. The summed E-state index contributed by atoms with van der Waals surface area (Å²) < 4.78 is 85.0. The van der Waals surface area contributed by atoms with Gasteiger partial charge in [-0.3, -0.25) is 19.1 Å². The first-order valence-corrected chi connectivity index (χ1v) is 17.4. The number of anilines is 1. The van der Waals surface area contributed by atoms with Crippen molar-refractivity contribution in [3.8, 4) is 0 Å². The molecule has 16 heteroatoms. The molecule has 3 saturated heterocycles. The van der Waals surface area contributed by atoms with E-state index < -0.39 is 53.3 Å². The molecule has 10 nitrogen and oxygen atoms in total. The van der Waals surface area contributed by atoms with Crippen LogP contribution in [0.3, 0.4) is 0 Å². The Kier molecular flexibility index (Phi) is 10.5. The van der Waals surface area contributed by atoms with Crippen molar-refractivity contribution in [1.29, 1.82) is 0 Å². The first-order valence-electron chi connectivity index (χ1n) is 17.4. The number of aromatic nitrogens is 2. The number of alkyl halides is 6. The molecule has 2 aromatic carbocycles. The predicted molar refractivity (Wildman–Crippen MR) is 179 cm³/mol. The van der Waals surface area contributed by atoms with Gasteiger partial charge >= 0.3 is 18.0 Å². The maximum atomic E-state index is 14.1. The standard InChI is InChI=1S/C35H43F6N7O3/c1-44-14-16-45(17-15-44)24-6-12-47(13-7-24)32(50)23(18-22-19-26(34(36,37)38)31(42)27(20-22)35(39,40)41)21-30(49)46-10-8-25(9-11-46)48-29-5-3-2-4-28(29)43-33(48)51/h2-5,19-20,23-25H,6-18,21,42H2,1H3,(H,43,51)/t23-/m0/s1. The number of benzene rings is 2. The van der Waals surface area contributed by atoms with E-state index in [0.29, 0.717) is 56.4 Å². The Labute approximate surface area is 291 Å². The molecule has 3 aromatic rings. The number of nitrogens with two attached hydrogens (primary N) is 1. The van der Waals surface area contributed by atoms with E-state index in [0.717, 1.165) is 31.7 Å². The molecule has 3 aliphatic heterocycles. The second-order valence-electron chi connectivity index (χ2n) is 14.0. The smallest absolute Gasteiger partial charge is 0.398 e. The van der Waals surface area contributed by atoms with E-state index in [1.165, 1.54) is 0 Å². The number of rotatable bonds is 7. The lowest BCUT2D eigenvalue weighted by Gasteiger charge is -2.42. The van der Waals surface area contributed by atoms with Crippen molar-refractivity contribution in [2.45, 2.75) is 63.0 Å². The summed E-state index contributed by atoms with van der Waals surface area (Å²) in [6.45, 7) is 4.94. The molecule has 51 heavy (non-hydrogen) atoms. The van der Waals surface area contributed by atoms with E-state index in [1.807, 2.05) is 18.2 Å². The fraction of sp³-hybridized carbons (Fsp3) is 0.571. The number of hydrogen-bond acceptors (Lipinski definition) is 6. The molecule has 2 amide bonds. The Hall–Kier alpha value is -4.05. The molecule has 3 N–H and O–H groups in total. The largest absolute Gasteiger partial charge is 0.418 e. The van der Waals surface area contributed by atoms with E-state index >= 15 is 0 Å². The highest BCUT2D eigenvalue weighted by Gasteiger charge is 2.42. The molecule has 6 rings (SSSR count). The number of hydrogen-bond donors (Lipinski definition) is 2.